The summed E-state index contributed by atoms with van der Waals surface area (Å²) in [6.07, 6.45) is 4.95. The Hall–Kier alpha value is -0.870. The Balaban J connectivity index is 1.90. The van der Waals surface area contributed by atoms with Crippen molar-refractivity contribution in [2.75, 3.05) is 13.1 Å². The number of carbonyl (C=O) groups excluding carboxylic acids is 1. The average molecular weight is 252 g/mol. The second-order valence-corrected chi connectivity index (χ2v) is 5.43. The predicted octanol–water partition coefficient (Wildman–Crippen LogP) is 2.76. The van der Waals surface area contributed by atoms with Crippen molar-refractivity contribution in [1.82, 2.24) is 10.2 Å². The normalized spacial score (nSPS) is 20.2. The Labute approximate surface area is 107 Å². The molecule has 3 nitrogen and oxygen atoms in total. The van der Waals surface area contributed by atoms with Crippen LogP contribution >= 0.6 is 11.3 Å². The number of hydrogen-bond donors (Lipinski definition) is 1. The molecule has 1 amide bonds. The number of hydrogen-bond acceptors (Lipinski definition) is 3. The van der Waals surface area contributed by atoms with Crippen LogP contribution < -0.4 is 5.32 Å². The third kappa shape index (κ3) is 3.07. The van der Waals surface area contributed by atoms with Crippen molar-refractivity contribution in [3.05, 3.63) is 22.4 Å². The highest BCUT2D eigenvalue weighted by Crippen LogP contribution is 2.26. The van der Waals surface area contributed by atoms with Gasteiger partial charge in [-0.15, -0.1) is 11.3 Å². The van der Waals surface area contributed by atoms with Gasteiger partial charge in [-0.05, 0) is 17.9 Å². The number of amides is 1. The van der Waals surface area contributed by atoms with Gasteiger partial charge in [0.25, 0.3) is 0 Å². The molecule has 1 atom stereocenters. The summed E-state index contributed by atoms with van der Waals surface area (Å²) in [6, 6.07) is 4.14. The van der Waals surface area contributed by atoms with Crippen LogP contribution in [0.15, 0.2) is 17.5 Å². The van der Waals surface area contributed by atoms with Crippen LogP contribution in [-0.2, 0) is 4.79 Å². The Kier molecular flexibility index (Phi) is 4.57. The molecule has 0 aliphatic carbocycles. The summed E-state index contributed by atoms with van der Waals surface area (Å²) in [4.78, 5) is 15.0. The minimum Gasteiger partial charge on any atom is -0.321 e. The largest absolute Gasteiger partial charge is 0.321 e. The molecule has 0 saturated carbocycles. The van der Waals surface area contributed by atoms with Gasteiger partial charge in [-0.2, -0.15) is 0 Å². The molecular weight excluding hydrogens is 232 g/mol. The number of nitrogens with zero attached hydrogens (tertiary/aromatic N) is 1. The van der Waals surface area contributed by atoms with Crippen LogP contribution in [0.2, 0.25) is 0 Å². The van der Waals surface area contributed by atoms with Gasteiger partial charge in [0.1, 0.15) is 6.17 Å². The monoisotopic (exact) mass is 252 g/mol. The molecule has 2 rings (SSSR count). The molecule has 1 aliphatic rings. The van der Waals surface area contributed by atoms with Crippen LogP contribution in [0.25, 0.3) is 0 Å². The molecule has 1 fully saturated rings. The van der Waals surface area contributed by atoms with Gasteiger partial charge >= 0.3 is 0 Å². The highest BCUT2D eigenvalue weighted by molar-refractivity contribution is 7.10. The highest BCUT2D eigenvalue weighted by Gasteiger charge is 2.31. The fraction of sp³-hybridized carbons (Fsp3) is 0.615. The third-order valence-corrected chi connectivity index (χ3v) is 4.07. The fourth-order valence-corrected chi connectivity index (χ4v) is 3.01. The van der Waals surface area contributed by atoms with Gasteiger partial charge < -0.3 is 4.90 Å². The number of unbranched alkanes of at least 4 members (excludes halogenated alkanes) is 3. The molecule has 1 aliphatic heterocycles. The van der Waals surface area contributed by atoms with Gasteiger partial charge in [0.05, 0.1) is 6.54 Å². The molecule has 0 bridgehead atoms. The van der Waals surface area contributed by atoms with Gasteiger partial charge in [-0.25, -0.2) is 0 Å². The Morgan fingerprint density at radius 1 is 1.47 bits per heavy atom. The molecule has 17 heavy (non-hydrogen) atoms. The van der Waals surface area contributed by atoms with E-state index in [9.17, 15) is 4.79 Å². The Bertz CT molecular complexity index is 350. The van der Waals surface area contributed by atoms with Crippen LogP contribution in [0.4, 0.5) is 0 Å². The lowest BCUT2D eigenvalue weighted by Crippen LogP contribution is -2.30. The van der Waals surface area contributed by atoms with Crippen LogP contribution in [0.5, 0.6) is 0 Å². The zero-order chi connectivity index (χ0) is 12.1. The minimum absolute atomic E-state index is 0.115. The molecule has 1 N–H and O–H groups in total. The second kappa shape index (κ2) is 6.17. The SMILES string of the molecule is CCCCCCN1C(=O)CNC1c1cccs1. The fourth-order valence-electron chi connectivity index (χ4n) is 2.20. The summed E-state index contributed by atoms with van der Waals surface area (Å²) >= 11 is 1.71. The van der Waals surface area contributed by atoms with E-state index in [1.54, 1.807) is 11.3 Å². The van der Waals surface area contributed by atoms with Gasteiger partial charge in [0.2, 0.25) is 5.91 Å². The summed E-state index contributed by atoms with van der Waals surface area (Å²) < 4.78 is 0. The van der Waals surface area contributed by atoms with E-state index in [1.165, 1.54) is 24.1 Å². The quantitative estimate of drug-likeness (QED) is 0.790. The first-order chi connectivity index (χ1) is 8.33. The van der Waals surface area contributed by atoms with E-state index in [2.05, 4.69) is 23.7 Å². The maximum absolute atomic E-state index is 11.8. The number of nitrogens with one attached hydrogen (secondary N) is 1. The summed E-state index contributed by atoms with van der Waals surface area (Å²) in [6.45, 7) is 3.57. The first kappa shape index (κ1) is 12.6. The van der Waals surface area contributed by atoms with Crippen LogP contribution in [0.1, 0.15) is 43.6 Å². The first-order valence-electron chi connectivity index (χ1n) is 6.39. The topological polar surface area (TPSA) is 32.3 Å². The van der Waals surface area contributed by atoms with Gasteiger partial charge in [-0.3, -0.25) is 10.1 Å². The van der Waals surface area contributed by atoms with Crippen LogP contribution in [0.3, 0.4) is 0 Å². The molecule has 1 saturated heterocycles. The zero-order valence-corrected chi connectivity index (χ0v) is 11.1. The average Bonchev–Trinajstić information content (AvgIpc) is 2.94. The van der Waals surface area contributed by atoms with Gasteiger partial charge in [0.15, 0.2) is 0 Å². The minimum atomic E-state index is 0.115. The number of thiophene rings is 1. The lowest BCUT2D eigenvalue weighted by atomic mass is 10.2. The molecule has 1 unspecified atom stereocenters. The zero-order valence-electron chi connectivity index (χ0n) is 10.3. The predicted molar refractivity (Wildman–Crippen MR) is 70.9 cm³/mol. The Morgan fingerprint density at radius 3 is 3.06 bits per heavy atom. The van der Waals surface area contributed by atoms with Crippen molar-refractivity contribution in [1.29, 1.82) is 0 Å². The lowest BCUT2D eigenvalue weighted by molar-refractivity contribution is -0.128. The van der Waals surface area contributed by atoms with Crippen molar-refractivity contribution in [3.8, 4) is 0 Å². The van der Waals surface area contributed by atoms with Gasteiger partial charge in [-0.1, -0.05) is 32.3 Å². The van der Waals surface area contributed by atoms with E-state index < -0.39 is 0 Å². The van der Waals surface area contributed by atoms with Crippen molar-refractivity contribution in [2.45, 2.75) is 38.8 Å². The molecule has 4 heteroatoms. The van der Waals surface area contributed by atoms with Crippen molar-refractivity contribution in [2.24, 2.45) is 0 Å². The van der Waals surface area contributed by atoms with E-state index in [0.717, 1.165) is 13.0 Å². The smallest absolute Gasteiger partial charge is 0.238 e. The number of rotatable bonds is 6. The molecule has 0 radical (unpaired) electrons. The first-order valence-corrected chi connectivity index (χ1v) is 7.27. The Morgan fingerprint density at radius 2 is 2.35 bits per heavy atom. The van der Waals surface area contributed by atoms with Crippen molar-refractivity contribution >= 4 is 17.2 Å². The molecule has 94 valence electrons. The molecule has 2 heterocycles. The molecular formula is C13H20N2OS. The van der Waals surface area contributed by atoms with E-state index in [-0.39, 0.29) is 12.1 Å². The summed E-state index contributed by atoms with van der Waals surface area (Å²) in [5, 5.41) is 5.35. The summed E-state index contributed by atoms with van der Waals surface area (Å²) in [5.41, 5.74) is 0. The van der Waals surface area contributed by atoms with E-state index in [0.29, 0.717) is 6.54 Å². The van der Waals surface area contributed by atoms with E-state index in [1.807, 2.05) is 11.0 Å². The number of carbonyl (C=O) groups is 1. The van der Waals surface area contributed by atoms with Crippen LogP contribution in [0, 0.1) is 0 Å². The maximum atomic E-state index is 11.8. The highest BCUT2D eigenvalue weighted by atomic mass is 32.1. The molecule has 0 aromatic carbocycles. The molecule has 1 aromatic rings. The summed E-state index contributed by atoms with van der Waals surface area (Å²) in [5.74, 6) is 0.236. The summed E-state index contributed by atoms with van der Waals surface area (Å²) in [7, 11) is 0. The van der Waals surface area contributed by atoms with Crippen LogP contribution in [-0.4, -0.2) is 23.9 Å². The van der Waals surface area contributed by atoms with Crippen molar-refractivity contribution in [3.63, 3.8) is 0 Å². The molecule has 1 aromatic heterocycles. The molecule has 0 spiro atoms. The third-order valence-electron chi connectivity index (χ3n) is 3.14. The maximum Gasteiger partial charge on any atom is 0.238 e. The van der Waals surface area contributed by atoms with Crippen molar-refractivity contribution < 1.29 is 4.79 Å². The standard InChI is InChI=1S/C13H20N2OS/c1-2-3-4-5-8-15-12(16)10-14-13(15)11-7-6-9-17-11/h6-7,9,13-14H,2-5,8,10H2,1H3. The van der Waals surface area contributed by atoms with E-state index in [4.69, 9.17) is 0 Å². The van der Waals surface area contributed by atoms with Gasteiger partial charge in [0, 0.05) is 11.4 Å². The second-order valence-electron chi connectivity index (χ2n) is 4.45. The van der Waals surface area contributed by atoms with E-state index >= 15 is 0 Å². The lowest BCUT2D eigenvalue weighted by Gasteiger charge is -2.23.